The molecular formula is C6H7N3O2. The summed E-state index contributed by atoms with van der Waals surface area (Å²) in [5.41, 5.74) is 5.62. The molecule has 0 aliphatic heterocycles. The smallest absolute Gasteiger partial charge is 0.309 e. The Kier molecular flexibility index (Phi) is 2.00. The minimum absolute atomic E-state index is 0.104. The summed E-state index contributed by atoms with van der Waals surface area (Å²) in [6, 6.07) is 0. The summed E-state index contributed by atoms with van der Waals surface area (Å²) in [4.78, 5) is 17.7. The topological polar surface area (TPSA) is 78.1 Å². The van der Waals surface area contributed by atoms with Crippen molar-refractivity contribution in [3.63, 3.8) is 0 Å². The summed E-state index contributed by atoms with van der Waals surface area (Å²) in [7, 11) is 0. The monoisotopic (exact) mass is 153 g/mol. The van der Waals surface area contributed by atoms with Crippen molar-refractivity contribution in [2.75, 3.05) is 5.73 Å². The van der Waals surface area contributed by atoms with E-state index in [1.165, 1.54) is 19.4 Å². The molecule has 11 heavy (non-hydrogen) atoms. The average Bonchev–Trinajstić information content (AvgIpc) is 1.93. The predicted molar refractivity (Wildman–Crippen MR) is 37.8 cm³/mol. The number of nitrogen functional groups attached to an aromatic ring is 1. The van der Waals surface area contributed by atoms with Crippen molar-refractivity contribution in [1.29, 1.82) is 0 Å². The van der Waals surface area contributed by atoms with E-state index in [2.05, 4.69) is 14.7 Å². The highest BCUT2D eigenvalue weighted by Crippen LogP contribution is 2.13. The van der Waals surface area contributed by atoms with Gasteiger partial charge >= 0.3 is 5.97 Å². The summed E-state index contributed by atoms with van der Waals surface area (Å²) >= 11 is 0. The van der Waals surface area contributed by atoms with E-state index >= 15 is 0 Å². The zero-order chi connectivity index (χ0) is 8.27. The summed E-state index contributed by atoms with van der Waals surface area (Å²) < 4.78 is 4.63. The number of nitrogens with two attached hydrogens (primary N) is 1. The Morgan fingerprint density at radius 1 is 1.73 bits per heavy atom. The van der Waals surface area contributed by atoms with Gasteiger partial charge in [-0.1, -0.05) is 0 Å². The van der Waals surface area contributed by atoms with E-state index in [0.29, 0.717) is 0 Å². The molecular weight excluding hydrogens is 146 g/mol. The van der Waals surface area contributed by atoms with Crippen LogP contribution in [0.4, 0.5) is 5.69 Å². The van der Waals surface area contributed by atoms with E-state index in [-0.39, 0.29) is 11.6 Å². The number of ether oxygens (including phenoxy) is 1. The number of carbonyl (C=O) groups excluding carboxylic acids is 1. The first kappa shape index (κ1) is 7.46. The lowest BCUT2D eigenvalue weighted by Gasteiger charge is -2.00. The van der Waals surface area contributed by atoms with Gasteiger partial charge < -0.3 is 10.5 Å². The normalized spacial score (nSPS) is 9.18. The largest absolute Gasteiger partial charge is 0.405 e. The second-order valence-electron chi connectivity index (χ2n) is 1.88. The number of esters is 1. The van der Waals surface area contributed by atoms with E-state index in [1.54, 1.807) is 0 Å². The maximum Gasteiger partial charge on any atom is 0.309 e. The molecule has 2 N–H and O–H groups in total. The van der Waals surface area contributed by atoms with Crippen LogP contribution in [0.15, 0.2) is 12.5 Å². The van der Waals surface area contributed by atoms with Gasteiger partial charge in [0.1, 0.15) is 12.0 Å². The van der Waals surface area contributed by atoms with Gasteiger partial charge in [-0.05, 0) is 0 Å². The molecule has 58 valence electrons. The quantitative estimate of drug-likeness (QED) is 0.574. The second kappa shape index (κ2) is 2.96. The van der Waals surface area contributed by atoms with E-state index in [9.17, 15) is 4.79 Å². The maximum absolute atomic E-state index is 10.4. The van der Waals surface area contributed by atoms with Crippen LogP contribution in [0.25, 0.3) is 0 Å². The van der Waals surface area contributed by atoms with Crippen LogP contribution < -0.4 is 10.5 Å². The first-order valence-electron chi connectivity index (χ1n) is 2.94. The number of carbonyl (C=O) groups is 1. The average molecular weight is 153 g/mol. The molecule has 5 heteroatoms. The Balaban J connectivity index is 2.86. The third kappa shape index (κ3) is 1.89. The standard InChI is InChI=1S/C6H7N3O2/c1-4(10)11-6-5(7)2-8-3-9-6/h2-3H,7H2,1H3. The van der Waals surface area contributed by atoms with Gasteiger partial charge in [0.05, 0.1) is 6.20 Å². The zero-order valence-corrected chi connectivity index (χ0v) is 5.94. The van der Waals surface area contributed by atoms with Crippen LogP contribution in [0.3, 0.4) is 0 Å². The minimum Gasteiger partial charge on any atom is -0.405 e. The molecule has 0 saturated heterocycles. The van der Waals surface area contributed by atoms with E-state index in [1.807, 2.05) is 0 Å². The fourth-order valence-electron chi connectivity index (χ4n) is 0.551. The van der Waals surface area contributed by atoms with Crippen molar-refractivity contribution in [2.24, 2.45) is 0 Å². The summed E-state index contributed by atoms with van der Waals surface area (Å²) in [5.74, 6) is -0.345. The molecule has 5 nitrogen and oxygen atoms in total. The Morgan fingerprint density at radius 3 is 3.00 bits per heavy atom. The van der Waals surface area contributed by atoms with Gasteiger partial charge in [0.2, 0.25) is 5.88 Å². The Hall–Kier alpha value is -1.65. The molecule has 1 rings (SSSR count). The molecule has 0 amide bonds. The molecule has 0 radical (unpaired) electrons. The molecule has 1 aromatic rings. The maximum atomic E-state index is 10.4. The van der Waals surface area contributed by atoms with Crippen molar-refractivity contribution in [3.05, 3.63) is 12.5 Å². The molecule has 0 fully saturated rings. The van der Waals surface area contributed by atoms with Crippen LogP contribution in [0.5, 0.6) is 5.88 Å². The predicted octanol–water partition coefficient (Wildman–Crippen LogP) is -0.0159. The molecule has 0 spiro atoms. The molecule has 0 atom stereocenters. The highest BCUT2D eigenvalue weighted by Gasteiger charge is 2.02. The lowest BCUT2D eigenvalue weighted by molar-refractivity contribution is -0.132. The van der Waals surface area contributed by atoms with Gasteiger partial charge in [-0.25, -0.2) is 4.98 Å². The fourth-order valence-corrected chi connectivity index (χ4v) is 0.551. The van der Waals surface area contributed by atoms with E-state index in [4.69, 9.17) is 5.73 Å². The molecule has 0 unspecified atom stereocenters. The first-order chi connectivity index (χ1) is 5.20. The number of hydrogen-bond donors (Lipinski definition) is 1. The summed E-state index contributed by atoms with van der Waals surface area (Å²) in [6.45, 7) is 1.28. The number of hydrogen-bond acceptors (Lipinski definition) is 5. The minimum atomic E-state index is -0.449. The lowest BCUT2D eigenvalue weighted by atomic mass is 10.5. The molecule has 0 bridgehead atoms. The molecule has 0 aliphatic carbocycles. The van der Waals surface area contributed by atoms with Crippen LogP contribution >= 0.6 is 0 Å². The Labute approximate surface area is 63.2 Å². The van der Waals surface area contributed by atoms with Crippen LogP contribution in [0.1, 0.15) is 6.92 Å². The fraction of sp³-hybridized carbons (Fsp3) is 0.167. The van der Waals surface area contributed by atoms with Crippen molar-refractivity contribution in [3.8, 4) is 5.88 Å². The molecule has 1 aromatic heterocycles. The van der Waals surface area contributed by atoms with Crippen LogP contribution in [-0.2, 0) is 4.79 Å². The molecule has 0 saturated carbocycles. The van der Waals surface area contributed by atoms with Crippen LogP contribution in [0.2, 0.25) is 0 Å². The second-order valence-corrected chi connectivity index (χ2v) is 1.88. The van der Waals surface area contributed by atoms with Crippen molar-refractivity contribution in [2.45, 2.75) is 6.92 Å². The van der Waals surface area contributed by atoms with Crippen LogP contribution in [-0.4, -0.2) is 15.9 Å². The van der Waals surface area contributed by atoms with Crippen molar-refractivity contribution in [1.82, 2.24) is 9.97 Å². The molecule has 0 aliphatic rings. The van der Waals surface area contributed by atoms with Gasteiger partial charge in [-0.3, -0.25) is 4.79 Å². The number of anilines is 1. The SMILES string of the molecule is CC(=O)Oc1ncncc1N. The summed E-state index contributed by atoms with van der Waals surface area (Å²) in [6.07, 6.45) is 2.62. The highest BCUT2D eigenvalue weighted by atomic mass is 16.5. The number of nitrogens with zero attached hydrogens (tertiary/aromatic N) is 2. The number of rotatable bonds is 1. The van der Waals surface area contributed by atoms with Gasteiger partial charge in [0, 0.05) is 6.92 Å². The first-order valence-corrected chi connectivity index (χ1v) is 2.94. The highest BCUT2D eigenvalue weighted by molar-refractivity contribution is 5.70. The van der Waals surface area contributed by atoms with Crippen LogP contribution in [0, 0.1) is 0 Å². The Bertz CT molecular complexity index is 274. The van der Waals surface area contributed by atoms with E-state index < -0.39 is 5.97 Å². The summed E-state index contributed by atoms with van der Waals surface area (Å²) in [5, 5.41) is 0. The molecule has 0 aromatic carbocycles. The molecule has 1 heterocycles. The number of aromatic nitrogens is 2. The third-order valence-electron chi connectivity index (χ3n) is 0.943. The van der Waals surface area contributed by atoms with Crippen molar-refractivity contribution >= 4 is 11.7 Å². The van der Waals surface area contributed by atoms with Gasteiger partial charge in [-0.2, -0.15) is 4.98 Å². The Morgan fingerprint density at radius 2 is 2.45 bits per heavy atom. The lowest BCUT2D eigenvalue weighted by Crippen LogP contribution is -2.05. The van der Waals surface area contributed by atoms with Gasteiger partial charge in [0.15, 0.2) is 0 Å². The van der Waals surface area contributed by atoms with Gasteiger partial charge in [-0.15, -0.1) is 0 Å². The van der Waals surface area contributed by atoms with Gasteiger partial charge in [0.25, 0.3) is 0 Å². The van der Waals surface area contributed by atoms with Crippen molar-refractivity contribution < 1.29 is 9.53 Å². The third-order valence-corrected chi connectivity index (χ3v) is 0.943. The zero-order valence-electron chi connectivity index (χ0n) is 5.94. The van der Waals surface area contributed by atoms with E-state index in [0.717, 1.165) is 0 Å².